The topological polar surface area (TPSA) is 93.7 Å². The number of carbonyl (C=O) groups is 3. The second kappa shape index (κ2) is 8.80. The van der Waals surface area contributed by atoms with Crippen molar-refractivity contribution < 1.29 is 28.2 Å². The number of hydrogen-bond acceptors (Lipinski definition) is 5. The lowest BCUT2D eigenvalue weighted by Crippen LogP contribution is -2.50. The van der Waals surface area contributed by atoms with Gasteiger partial charge in [-0.25, -0.2) is 18.8 Å². The summed E-state index contributed by atoms with van der Waals surface area (Å²) in [6.07, 6.45) is 2.34. The van der Waals surface area contributed by atoms with Gasteiger partial charge in [0.15, 0.2) is 0 Å². The van der Waals surface area contributed by atoms with Crippen LogP contribution in [0, 0.1) is 5.82 Å². The highest BCUT2D eigenvalue weighted by Gasteiger charge is 2.30. The second-order valence-corrected chi connectivity index (χ2v) is 5.40. The Morgan fingerprint density at radius 3 is 2.69 bits per heavy atom. The molecule has 0 spiro atoms. The first-order valence-corrected chi connectivity index (χ1v) is 7.99. The van der Waals surface area contributed by atoms with Gasteiger partial charge in [0.25, 0.3) is 0 Å². The maximum absolute atomic E-state index is 13.5. The Morgan fingerprint density at radius 2 is 2.00 bits per heavy atom. The van der Waals surface area contributed by atoms with Gasteiger partial charge >= 0.3 is 18.0 Å². The molecule has 1 aromatic rings. The minimum Gasteiger partial charge on any atom is -0.463 e. The maximum atomic E-state index is 13.5. The molecule has 1 aliphatic rings. The Kier molecular flexibility index (Phi) is 6.48. The van der Waals surface area contributed by atoms with Crippen LogP contribution in [0.4, 0.5) is 9.18 Å². The average molecular weight is 362 g/mol. The molecule has 1 aromatic carbocycles. The zero-order valence-electron chi connectivity index (χ0n) is 14.4. The molecule has 1 aliphatic heterocycles. The van der Waals surface area contributed by atoms with Gasteiger partial charge in [0, 0.05) is 11.6 Å². The van der Waals surface area contributed by atoms with E-state index >= 15 is 0 Å². The van der Waals surface area contributed by atoms with Crippen molar-refractivity contribution in [3.63, 3.8) is 0 Å². The number of amides is 2. The molecule has 26 heavy (non-hydrogen) atoms. The van der Waals surface area contributed by atoms with E-state index in [-0.39, 0.29) is 30.0 Å². The Labute approximate surface area is 149 Å². The molecule has 0 fully saturated rings. The monoisotopic (exact) mass is 362 g/mol. The molecule has 1 atom stereocenters. The molecule has 1 heterocycles. The van der Waals surface area contributed by atoms with Gasteiger partial charge in [0.1, 0.15) is 12.4 Å². The van der Waals surface area contributed by atoms with Crippen LogP contribution in [0.3, 0.4) is 0 Å². The number of esters is 2. The smallest absolute Gasteiger partial charge is 0.338 e. The summed E-state index contributed by atoms with van der Waals surface area (Å²) in [6, 6.07) is 4.85. The first kappa shape index (κ1) is 19.2. The fraction of sp³-hybridized carbons (Fsp3) is 0.278. The van der Waals surface area contributed by atoms with E-state index in [0.29, 0.717) is 0 Å². The molecule has 0 saturated heterocycles. The van der Waals surface area contributed by atoms with Crippen LogP contribution < -0.4 is 10.6 Å². The number of hydrogen-bond donors (Lipinski definition) is 2. The first-order chi connectivity index (χ1) is 12.4. The highest BCUT2D eigenvalue weighted by Crippen LogP contribution is 2.15. The number of ether oxygens (including phenoxy) is 2. The summed E-state index contributed by atoms with van der Waals surface area (Å²) in [7, 11) is 0. The summed E-state index contributed by atoms with van der Waals surface area (Å²) in [4.78, 5) is 35.5. The van der Waals surface area contributed by atoms with Gasteiger partial charge in [-0.3, -0.25) is 0 Å². The normalized spacial score (nSPS) is 16.9. The first-order valence-electron chi connectivity index (χ1n) is 7.99. The largest absolute Gasteiger partial charge is 0.463 e. The minimum atomic E-state index is -0.746. The summed E-state index contributed by atoms with van der Waals surface area (Å²) in [5.41, 5.74) is 0.560. The van der Waals surface area contributed by atoms with Crippen LogP contribution in [-0.2, 0) is 19.1 Å². The molecule has 0 aliphatic carbocycles. The molecule has 0 aromatic heterocycles. The van der Waals surface area contributed by atoms with Crippen molar-refractivity contribution in [3.05, 3.63) is 53.0 Å². The summed E-state index contributed by atoms with van der Waals surface area (Å²) >= 11 is 0. The molecular weight excluding hydrogens is 343 g/mol. The van der Waals surface area contributed by atoms with Gasteiger partial charge in [-0.1, -0.05) is 18.2 Å². The highest BCUT2D eigenvalue weighted by atomic mass is 19.1. The van der Waals surface area contributed by atoms with Crippen molar-refractivity contribution in [1.29, 1.82) is 0 Å². The third kappa shape index (κ3) is 4.92. The van der Waals surface area contributed by atoms with Crippen LogP contribution in [0.5, 0.6) is 0 Å². The van der Waals surface area contributed by atoms with E-state index in [1.165, 1.54) is 24.3 Å². The van der Waals surface area contributed by atoms with Gasteiger partial charge in [-0.05, 0) is 26.0 Å². The van der Waals surface area contributed by atoms with Gasteiger partial charge in [-0.2, -0.15) is 0 Å². The third-order valence-electron chi connectivity index (χ3n) is 3.53. The quantitative estimate of drug-likeness (QED) is 0.595. The average Bonchev–Trinajstić information content (AvgIpc) is 2.58. The van der Waals surface area contributed by atoms with Crippen LogP contribution in [0.1, 0.15) is 19.4 Å². The van der Waals surface area contributed by atoms with Crippen LogP contribution in [0.15, 0.2) is 41.6 Å². The summed E-state index contributed by atoms with van der Waals surface area (Å²) in [5, 5.41) is 4.98. The fourth-order valence-electron chi connectivity index (χ4n) is 2.35. The molecule has 138 valence electrons. The van der Waals surface area contributed by atoms with Gasteiger partial charge < -0.3 is 20.1 Å². The van der Waals surface area contributed by atoms with Gasteiger partial charge in [-0.15, -0.1) is 0 Å². The number of rotatable bonds is 6. The van der Waals surface area contributed by atoms with E-state index < -0.39 is 29.8 Å². The van der Waals surface area contributed by atoms with Crippen LogP contribution in [0.2, 0.25) is 0 Å². The summed E-state index contributed by atoms with van der Waals surface area (Å²) in [5.74, 6) is -1.83. The van der Waals surface area contributed by atoms with E-state index in [2.05, 4.69) is 10.6 Å². The molecule has 1 unspecified atom stereocenters. The number of carbonyl (C=O) groups excluding carboxylic acids is 3. The van der Waals surface area contributed by atoms with E-state index in [0.717, 1.165) is 6.08 Å². The highest BCUT2D eigenvalue weighted by molar-refractivity contribution is 5.95. The zero-order chi connectivity index (χ0) is 19.1. The van der Waals surface area contributed by atoms with Crippen LogP contribution >= 0.6 is 0 Å². The van der Waals surface area contributed by atoms with Crippen LogP contribution in [0.25, 0.3) is 6.08 Å². The summed E-state index contributed by atoms with van der Waals surface area (Å²) < 4.78 is 23.5. The fourth-order valence-corrected chi connectivity index (χ4v) is 2.35. The third-order valence-corrected chi connectivity index (χ3v) is 3.53. The lowest BCUT2D eigenvalue weighted by Gasteiger charge is -2.26. The Bertz CT molecular complexity index is 773. The lowest BCUT2D eigenvalue weighted by molar-refractivity contribution is -0.140. The summed E-state index contributed by atoms with van der Waals surface area (Å²) in [6.45, 7) is 3.11. The Morgan fingerprint density at radius 1 is 1.27 bits per heavy atom. The molecule has 7 nitrogen and oxygen atoms in total. The minimum absolute atomic E-state index is 0.146. The van der Waals surface area contributed by atoms with E-state index in [9.17, 15) is 18.8 Å². The molecule has 0 saturated carbocycles. The molecule has 2 amide bonds. The lowest BCUT2D eigenvalue weighted by atomic mass is 10.0. The molecular formula is C18H19FN2O5. The van der Waals surface area contributed by atoms with Crippen LogP contribution in [-0.4, -0.2) is 37.2 Å². The van der Waals surface area contributed by atoms with Crippen molar-refractivity contribution >= 4 is 24.0 Å². The van der Waals surface area contributed by atoms with Gasteiger partial charge in [0.2, 0.25) is 0 Å². The van der Waals surface area contributed by atoms with E-state index in [1.807, 2.05) is 0 Å². The molecule has 0 radical (unpaired) electrons. The van der Waals surface area contributed by atoms with Crippen molar-refractivity contribution in [3.8, 4) is 0 Å². The second-order valence-electron chi connectivity index (χ2n) is 5.40. The predicted molar refractivity (Wildman–Crippen MR) is 91.2 cm³/mol. The van der Waals surface area contributed by atoms with Crippen molar-refractivity contribution in [2.24, 2.45) is 0 Å². The van der Waals surface area contributed by atoms with E-state index in [4.69, 9.17) is 9.47 Å². The Balaban J connectivity index is 2.08. The maximum Gasteiger partial charge on any atom is 0.338 e. The van der Waals surface area contributed by atoms with Crippen molar-refractivity contribution in [1.82, 2.24) is 10.6 Å². The molecule has 2 N–H and O–H groups in total. The number of nitrogens with one attached hydrogen (secondary N) is 2. The zero-order valence-corrected chi connectivity index (χ0v) is 14.4. The molecule has 2 rings (SSSR count). The molecule has 8 heteroatoms. The SMILES string of the molecule is CCOC(=O)C1=C(COC(=O)/C=C/c2ccccc2F)NC(=O)NC1C. The molecule has 0 bridgehead atoms. The van der Waals surface area contributed by atoms with Gasteiger partial charge in [0.05, 0.1) is 23.9 Å². The Hall–Kier alpha value is -3.16. The number of urea groups is 1. The number of benzene rings is 1. The van der Waals surface area contributed by atoms with E-state index in [1.54, 1.807) is 19.9 Å². The van der Waals surface area contributed by atoms with Crippen molar-refractivity contribution in [2.75, 3.05) is 13.2 Å². The standard InChI is InChI=1S/C18H19FN2O5/c1-3-25-17(23)16-11(2)20-18(24)21-14(16)10-26-15(22)9-8-12-6-4-5-7-13(12)19/h4-9,11H,3,10H2,1-2H3,(H2,20,21,24)/b9-8+. The predicted octanol–water partition coefficient (Wildman–Crippen LogP) is 1.90. The van der Waals surface area contributed by atoms with Crippen molar-refractivity contribution in [2.45, 2.75) is 19.9 Å². The number of halogens is 1.